The average Bonchev–Trinajstić information content (AvgIpc) is 2.54. The van der Waals surface area contributed by atoms with Crippen molar-refractivity contribution in [1.29, 1.82) is 5.26 Å². The zero-order valence-electron chi connectivity index (χ0n) is 11.3. The van der Waals surface area contributed by atoms with Crippen molar-refractivity contribution in [2.24, 2.45) is 17.8 Å². The van der Waals surface area contributed by atoms with Gasteiger partial charge in [-0.1, -0.05) is 27.2 Å². The molecule has 0 radical (unpaired) electrons. The summed E-state index contributed by atoms with van der Waals surface area (Å²) < 4.78 is 0. The molecule has 96 valence electrons. The molecule has 3 nitrogen and oxygen atoms in total. The van der Waals surface area contributed by atoms with Crippen LogP contribution in [0.4, 0.5) is 0 Å². The minimum Gasteiger partial charge on any atom is -0.342 e. The summed E-state index contributed by atoms with van der Waals surface area (Å²) in [4.78, 5) is 14.1. The highest BCUT2D eigenvalue weighted by atomic mass is 16.2. The number of nitrogens with zero attached hydrogens (tertiary/aromatic N) is 2. The lowest BCUT2D eigenvalue weighted by molar-refractivity contribution is -0.134. The van der Waals surface area contributed by atoms with Gasteiger partial charge in [0.2, 0.25) is 5.91 Å². The number of carbonyl (C=O) groups is 1. The van der Waals surface area contributed by atoms with Crippen molar-refractivity contribution < 1.29 is 4.79 Å². The Labute approximate surface area is 105 Å². The zero-order chi connectivity index (χ0) is 12.8. The highest BCUT2D eigenvalue weighted by Gasteiger charge is 2.28. The van der Waals surface area contributed by atoms with E-state index < -0.39 is 5.92 Å². The first kappa shape index (κ1) is 14.0. The molecule has 1 saturated heterocycles. The van der Waals surface area contributed by atoms with Crippen LogP contribution in [0.1, 0.15) is 46.5 Å². The van der Waals surface area contributed by atoms with Gasteiger partial charge in [0.1, 0.15) is 5.92 Å². The second-order valence-corrected chi connectivity index (χ2v) is 5.38. The van der Waals surface area contributed by atoms with Gasteiger partial charge in [0.15, 0.2) is 0 Å². The summed E-state index contributed by atoms with van der Waals surface area (Å²) in [5.74, 6) is 0.442. The van der Waals surface area contributed by atoms with Crippen LogP contribution >= 0.6 is 0 Å². The van der Waals surface area contributed by atoms with Crippen LogP contribution in [0, 0.1) is 29.1 Å². The van der Waals surface area contributed by atoms with Crippen LogP contribution in [0.15, 0.2) is 0 Å². The van der Waals surface area contributed by atoms with E-state index in [9.17, 15) is 4.79 Å². The lowest BCUT2D eigenvalue weighted by Gasteiger charge is -2.24. The van der Waals surface area contributed by atoms with Gasteiger partial charge in [-0.05, 0) is 31.1 Å². The van der Waals surface area contributed by atoms with E-state index in [0.717, 1.165) is 31.8 Å². The van der Waals surface area contributed by atoms with Crippen LogP contribution in [0.2, 0.25) is 0 Å². The molecule has 1 aliphatic rings. The second-order valence-electron chi connectivity index (χ2n) is 5.38. The van der Waals surface area contributed by atoms with Crippen molar-refractivity contribution in [2.75, 3.05) is 13.1 Å². The van der Waals surface area contributed by atoms with Gasteiger partial charge in [0.05, 0.1) is 6.07 Å². The van der Waals surface area contributed by atoms with Crippen LogP contribution in [-0.4, -0.2) is 23.9 Å². The SMILES string of the molecule is CCC1CCCN(C(=O)C(C#N)C(C)C)CC1. The Kier molecular flexibility index (Phi) is 5.47. The van der Waals surface area contributed by atoms with Crippen molar-refractivity contribution >= 4 is 5.91 Å². The molecule has 0 N–H and O–H groups in total. The summed E-state index contributed by atoms with van der Waals surface area (Å²) in [5.41, 5.74) is 0. The van der Waals surface area contributed by atoms with Crippen molar-refractivity contribution in [2.45, 2.75) is 46.5 Å². The van der Waals surface area contributed by atoms with Gasteiger partial charge in [-0.25, -0.2) is 0 Å². The number of carbonyl (C=O) groups excluding carboxylic acids is 1. The van der Waals surface area contributed by atoms with E-state index in [0.29, 0.717) is 0 Å². The molecule has 2 unspecified atom stereocenters. The number of amides is 1. The smallest absolute Gasteiger partial charge is 0.240 e. The van der Waals surface area contributed by atoms with Gasteiger partial charge < -0.3 is 4.90 Å². The predicted molar refractivity (Wildman–Crippen MR) is 68.2 cm³/mol. The van der Waals surface area contributed by atoms with E-state index >= 15 is 0 Å². The molecule has 0 saturated carbocycles. The molecule has 0 aliphatic carbocycles. The summed E-state index contributed by atoms with van der Waals surface area (Å²) in [6.07, 6.45) is 4.60. The summed E-state index contributed by atoms with van der Waals surface area (Å²) in [6, 6.07) is 2.15. The number of hydrogen-bond acceptors (Lipinski definition) is 2. The first-order chi connectivity index (χ1) is 8.10. The fourth-order valence-electron chi connectivity index (χ4n) is 2.48. The summed E-state index contributed by atoms with van der Waals surface area (Å²) in [7, 11) is 0. The van der Waals surface area contributed by atoms with E-state index in [2.05, 4.69) is 13.0 Å². The molecule has 0 bridgehead atoms. The van der Waals surface area contributed by atoms with E-state index in [1.807, 2.05) is 18.7 Å². The zero-order valence-corrected chi connectivity index (χ0v) is 11.3. The molecule has 0 aromatic carbocycles. The van der Waals surface area contributed by atoms with Gasteiger partial charge in [-0.2, -0.15) is 5.26 Å². The lowest BCUT2D eigenvalue weighted by Crippen LogP contribution is -2.38. The molecule has 1 heterocycles. The van der Waals surface area contributed by atoms with Gasteiger partial charge in [-0.15, -0.1) is 0 Å². The van der Waals surface area contributed by atoms with Crippen LogP contribution in [-0.2, 0) is 4.79 Å². The molecule has 1 rings (SSSR count). The Bertz CT molecular complexity index is 293. The highest BCUT2D eigenvalue weighted by molar-refractivity contribution is 5.81. The predicted octanol–water partition coefficient (Wildman–Crippen LogP) is 2.82. The van der Waals surface area contributed by atoms with E-state index in [1.54, 1.807) is 0 Å². The number of rotatable bonds is 3. The first-order valence-electron chi connectivity index (χ1n) is 6.78. The third kappa shape index (κ3) is 3.73. The van der Waals surface area contributed by atoms with Gasteiger partial charge in [0.25, 0.3) is 0 Å². The highest BCUT2D eigenvalue weighted by Crippen LogP contribution is 2.22. The third-order valence-electron chi connectivity index (χ3n) is 3.81. The summed E-state index contributed by atoms with van der Waals surface area (Å²) in [5, 5.41) is 9.07. The summed E-state index contributed by atoms with van der Waals surface area (Å²) >= 11 is 0. The third-order valence-corrected chi connectivity index (χ3v) is 3.81. The van der Waals surface area contributed by atoms with Crippen molar-refractivity contribution in [3.63, 3.8) is 0 Å². The summed E-state index contributed by atoms with van der Waals surface area (Å²) in [6.45, 7) is 7.77. The van der Waals surface area contributed by atoms with E-state index in [-0.39, 0.29) is 11.8 Å². The number of hydrogen-bond donors (Lipinski definition) is 0. The molecular formula is C14H24N2O. The van der Waals surface area contributed by atoms with Crippen LogP contribution in [0.5, 0.6) is 0 Å². The normalized spacial score (nSPS) is 23.0. The molecule has 0 spiro atoms. The minimum atomic E-state index is -0.465. The monoisotopic (exact) mass is 236 g/mol. The second kappa shape index (κ2) is 6.64. The molecule has 3 heteroatoms. The van der Waals surface area contributed by atoms with Gasteiger partial charge in [-0.3, -0.25) is 4.79 Å². The quantitative estimate of drug-likeness (QED) is 0.756. The van der Waals surface area contributed by atoms with Crippen LogP contribution in [0.3, 0.4) is 0 Å². The average molecular weight is 236 g/mol. The Hall–Kier alpha value is -1.04. The van der Waals surface area contributed by atoms with Crippen LogP contribution < -0.4 is 0 Å². The number of nitriles is 1. The first-order valence-corrected chi connectivity index (χ1v) is 6.78. The Morgan fingerprint density at radius 1 is 1.41 bits per heavy atom. The fourth-order valence-corrected chi connectivity index (χ4v) is 2.48. The maximum absolute atomic E-state index is 12.2. The lowest BCUT2D eigenvalue weighted by atomic mass is 9.96. The Morgan fingerprint density at radius 2 is 2.12 bits per heavy atom. The largest absolute Gasteiger partial charge is 0.342 e. The van der Waals surface area contributed by atoms with Crippen LogP contribution in [0.25, 0.3) is 0 Å². The van der Waals surface area contributed by atoms with Gasteiger partial charge in [0, 0.05) is 13.1 Å². The molecular weight excluding hydrogens is 212 g/mol. The maximum atomic E-state index is 12.2. The molecule has 1 aliphatic heterocycles. The molecule has 0 aromatic rings. The molecule has 1 fully saturated rings. The molecule has 0 aromatic heterocycles. The van der Waals surface area contributed by atoms with Crippen molar-refractivity contribution in [3.05, 3.63) is 0 Å². The van der Waals surface area contributed by atoms with Gasteiger partial charge >= 0.3 is 0 Å². The fraction of sp³-hybridized carbons (Fsp3) is 0.857. The standard InChI is InChI=1S/C14H24N2O/c1-4-12-6-5-8-16(9-7-12)14(17)13(10-15)11(2)3/h11-13H,4-9H2,1-3H3. The van der Waals surface area contributed by atoms with E-state index in [4.69, 9.17) is 5.26 Å². The minimum absolute atomic E-state index is 0.0410. The number of likely N-dealkylation sites (tertiary alicyclic amines) is 1. The Morgan fingerprint density at radius 3 is 2.65 bits per heavy atom. The maximum Gasteiger partial charge on any atom is 0.240 e. The molecule has 17 heavy (non-hydrogen) atoms. The van der Waals surface area contributed by atoms with E-state index in [1.165, 1.54) is 12.8 Å². The molecule has 2 atom stereocenters. The van der Waals surface area contributed by atoms with Crippen molar-refractivity contribution in [3.8, 4) is 6.07 Å². The van der Waals surface area contributed by atoms with Crippen molar-refractivity contribution in [1.82, 2.24) is 4.90 Å². The Balaban J connectivity index is 2.61. The topological polar surface area (TPSA) is 44.1 Å². The molecule has 1 amide bonds.